The molecule has 2 heterocycles. The molecular weight excluding hydrogens is 391 g/mol. The molecule has 1 aromatic heterocycles. The maximum absolute atomic E-state index is 14.0. The molecule has 0 aliphatic carbocycles. The molecule has 0 saturated carbocycles. The minimum atomic E-state index is -0.351. The van der Waals surface area contributed by atoms with Crippen molar-refractivity contribution in [3.63, 3.8) is 0 Å². The SMILES string of the molecule is O=C(CCc1ncc(-c2ccccc2F)o1)N1CCCC1c1cccc2ccccc12. The van der Waals surface area contributed by atoms with Gasteiger partial charge < -0.3 is 9.32 Å². The molecule has 5 heteroatoms. The van der Waals surface area contributed by atoms with E-state index in [1.165, 1.54) is 28.6 Å². The number of fused-ring (bicyclic) bond motifs is 1. The third-order valence-electron chi connectivity index (χ3n) is 6.00. The molecule has 1 amide bonds. The van der Waals surface area contributed by atoms with Crippen LogP contribution in [0.3, 0.4) is 0 Å². The zero-order chi connectivity index (χ0) is 21.2. The first-order valence-electron chi connectivity index (χ1n) is 10.7. The lowest BCUT2D eigenvalue weighted by molar-refractivity contribution is -0.132. The number of hydrogen-bond acceptors (Lipinski definition) is 3. The largest absolute Gasteiger partial charge is 0.441 e. The van der Waals surface area contributed by atoms with E-state index in [9.17, 15) is 9.18 Å². The molecule has 1 fully saturated rings. The summed E-state index contributed by atoms with van der Waals surface area (Å²) in [5.41, 5.74) is 1.59. The second-order valence-corrected chi connectivity index (χ2v) is 7.91. The number of oxazole rings is 1. The number of likely N-dealkylation sites (tertiary alicyclic amines) is 1. The Labute approximate surface area is 180 Å². The molecule has 1 aliphatic heterocycles. The summed E-state index contributed by atoms with van der Waals surface area (Å²) in [4.78, 5) is 19.3. The van der Waals surface area contributed by atoms with Crippen molar-refractivity contribution in [2.45, 2.75) is 31.7 Å². The second kappa shape index (κ2) is 8.34. The maximum atomic E-state index is 14.0. The van der Waals surface area contributed by atoms with Crippen LogP contribution in [0.1, 0.15) is 36.8 Å². The Kier molecular flexibility index (Phi) is 5.24. The van der Waals surface area contributed by atoms with Crippen LogP contribution in [0.2, 0.25) is 0 Å². The summed E-state index contributed by atoms with van der Waals surface area (Å²) in [5.74, 6) is 0.584. The number of carbonyl (C=O) groups excluding carboxylic acids is 1. The van der Waals surface area contributed by atoms with E-state index in [2.05, 4.69) is 35.3 Å². The van der Waals surface area contributed by atoms with Gasteiger partial charge in [0, 0.05) is 19.4 Å². The average molecular weight is 414 g/mol. The number of amides is 1. The number of hydrogen-bond donors (Lipinski definition) is 0. The monoisotopic (exact) mass is 414 g/mol. The normalized spacial score (nSPS) is 16.2. The van der Waals surface area contributed by atoms with E-state index in [0.29, 0.717) is 30.1 Å². The zero-order valence-electron chi connectivity index (χ0n) is 17.1. The van der Waals surface area contributed by atoms with Gasteiger partial charge in [-0.1, -0.05) is 54.6 Å². The van der Waals surface area contributed by atoms with Crippen LogP contribution in [0.15, 0.2) is 77.3 Å². The summed E-state index contributed by atoms with van der Waals surface area (Å²) in [7, 11) is 0. The Hall–Kier alpha value is -3.47. The number of nitrogens with zero attached hydrogens (tertiary/aromatic N) is 2. The van der Waals surface area contributed by atoms with Gasteiger partial charge in [0.15, 0.2) is 11.7 Å². The second-order valence-electron chi connectivity index (χ2n) is 7.91. The van der Waals surface area contributed by atoms with E-state index in [1.54, 1.807) is 18.2 Å². The molecule has 1 saturated heterocycles. The Morgan fingerprint density at radius 3 is 2.77 bits per heavy atom. The Morgan fingerprint density at radius 1 is 1.06 bits per heavy atom. The fourth-order valence-electron chi connectivity index (χ4n) is 4.50. The Bertz CT molecular complexity index is 1230. The van der Waals surface area contributed by atoms with Crippen LogP contribution in [0.25, 0.3) is 22.1 Å². The number of aryl methyl sites for hydroxylation is 1. The fraction of sp³-hybridized carbons (Fsp3) is 0.231. The van der Waals surface area contributed by atoms with Gasteiger partial charge in [-0.15, -0.1) is 0 Å². The minimum absolute atomic E-state index is 0.0946. The van der Waals surface area contributed by atoms with Gasteiger partial charge in [-0.05, 0) is 41.3 Å². The van der Waals surface area contributed by atoms with Crippen LogP contribution >= 0.6 is 0 Å². The van der Waals surface area contributed by atoms with Crippen molar-refractivity contribution in [3.8, 4) is 11.3 Å². The van der Waals surface area contributed by atoms with Crippen LogP contribution in [-0.4, -0.2) is 22.3 Å². The molecule has 0 N–H and O–H groups in total. The predicted octanol–water partition coefficient (Wildman–Crippen LogP) is 5.93. The van der Waals surface area contributed by atoms with E-state index in [1.807, 2.05) is 17.0 Å². The molecule has 0 bridgehead atoms. The molecular formula is C26H23FN2O2. The first-order valence-corrected chi connectivity index (χ1v) is 10.7. The van der Waals surface area contributed by atoms with Gasteiger partial charge in [-0.3, -0.25) is 4.79 Å². The van der Waals surface area contributed by atoms with Crippen molar-refractivity contribution in [3.05, 3.63) is 90.2 Å². The van der Waals surface area contributed by atoms with Crippen molar-refractivity contribution in [2.75, 3.05) is 6.54 Å². The van der Waals surface area contributed by atoms with Gasteiger partial charge in [-0.25, -0.2) is 9.37 Å². The number of halogens is 1. The van der Waals surface area contributed by atoms with E-state index in [0.717, 1.165) is 19.4 Å². The van der Waals surface area contributed by atoms with Crippen molar-refractivity contribution < 1.29 is 13.6 Å². The first kappa shape index (κ1) is 19.5. The number of benzene rings is 3. The van der Waals surface area contributed by atoms with Crippen LogP contribution < -0.4 is 0 Å². The Balaban J connectivity index is 1.30. The molecule has 4 aromatic rings. The van der Waals surface area contributed by atoms with Crippen LogP contribution in [0.5, 0.6) is 0 Å². The smallest absolute Gasteiger partial charge is 0.223 e. The highest BCUT2D eigenvalue weighted by Gasteiger charge is 2.30. The van der Waals surface area contributed by atoms with Gasteiger partial charge in [-0.2, -0.15) is 0 Å². The summed E-state index contributed by atoms with van der Waals surface area (Å²) in [5, 5.41) is 2.40. The van der Waals surface area contributed by atoms with Crippen molar-refractivity contribution in [2.24, 2.45) is 0 Å². The molecule has 1 atom stereocenters. The molecule has 1 unspecified atom stereocenters. The van der Waals surface area contributed by atoms with Gasteiger partial charge in [0.05, 0.1) is 17.8 Å². The molecule has 0 radical (unpaired) electrons. The van der Waals surface area contributed by atoms with Gasteiger partial charge in [0.25, 0.3) is 0 Å². The molecule has 1 aliphatic rings. The van der Waals surface area contributed by atoms with Crippen LogP contribution in [0.4, 0.5) is 4.39 Å². The first-order chi connectivity index (χ1) is 15.2. The van der Waals surface area contributed by atoms with Gasteiger partial charge in [0.1, 0.15) is 5.82 Å². The number of rotatable bonds is 5. The summed E-state index contributed by atoms with van der Waals surface area (Å²) >= 11 is 0. The predicted molar refractivity (Wildman–Crippen MR) is 118 cm³/mol. The van der Waals surface area contributed by atoms with Crippen molar-refractivity contribution >= 4 is 16.7 Å². The van der Waals surface area contributed by atoms with Crippen molar-refractivity contribution in [1.82, 2.24) is 9.88 Å². The van der Waals surface area contributed by atoms with E-state index in [4.69, 9.17) is 4.42 Å². The summed E-state index contributed by atoms with van der Waals surface area (Å²) in [6.45, 7) is 0.763. The highest BCUT2D eigenvalue weighted by molar-refractivity contribution is 5.87. The van der Waals surface area contributed by atoms with E-state index >= 15 is 0 Å². The molecule has 3 aromatic carbocycles. The number of carbonyl (C=O) groups is 1. The molecule has 31 heavy (non-hydrogen) atoms. The van der Waals surface area contributed by atoms with E-state index < -0.39 is 0 Å². The third-order valence-corrected chi connectivity index (χ3v) is 6.00. The van der Waals surface area contributed by atoms with Crippen molar-refractivity contribution in [1.29, 1.82) is 0 Å². The fourth-order valence-corrected chi connectivity index (χ4v) is 4.50. The van der Waals surface area contributed by atoms with Gasteiger partial charge in [0.2, 0.25) is 5.91 Å². The molecule has 0 spiro atoms. The van der Waals surface area contributed by atoms with Crippen LogP contribution in [0, 0.1) is 5.82 Å². The quantitative estimate of drug-likeness (QED) is 0.407. The van der Waals surface area contributed by atoms with E-state index in [-0.39, 0.29) is 17.8 Å². The van der Waals surface area contributed by atoms with Crippen LogP contribution in [-0.2, 0) is 11.2 Å². The lowest BCUT2D eigenvalue weighted by Gasteiger charge is -2.26. The van der Waals surface area contributed by atoms with Gasteiger partial charge >= 0.3 is 0 Å². The summed E-state index contributed by atoms with van der Waals surface area (Å²) < 4.78 is 19.7. The molecule has 4 nitrogen and oxygen atoms in total. The summed E-state index contributed by atoms with van der Waals surface area (Å²) in [6.07, 6.45) is 4.20. The third kappa shape index (κ3) is 3.83. The lowest BCUT2D eigenvalue weighted by atomic mass is 9.97. The molecule has 156 valence electrons. The number of aromatic nitrogens is 1. The maximum Gasteiger partial charge on any atom is 0.223 e. The summed E-state index contributed by atoms with van der Waals surface area (Å²) in [6, 6.07) is 21.2. The highest BCUT2D eigenvalue weighted by atomic mass is 19.1. The molecule has 5 rings (SSSR count). The highest BCUT2D eigenvalue weighted by Crippen LogP contribution is 2.36. The average Bonchev–Trinajstić information content (AvgIpc) is 3.47. The topological polar surface area (TPSA) is 46.3 Å². The standard InChI is InChI=1S/C26H23FN2O2/c27-22-12-4-3-10-21(22)24-17-28-25(31-24)14-15-26(30)29-16-6-13-23(29)20-11-5-8-18-7-1-2-9-19(18)20/h1-5,7-12,17,23H,6,13-16H2. The lowest BCUT2D eigenvalue weighted by Crippen LogP contribution is -2.30. The zero-order valence-corrected chi connectivity index (χ0v) is 17.1. The Morgan fingerprint density at radius 2 is 1.87 bits per heavy atom. The minimum Gasteiger partial charge on any atom is -0.441 e.